The molecule has 1 aliphatic heterocycles. The highest BCUT2D eigenvalue weighted by Crippen LogP contribution is 2.27. The number of piperidine rings is 1. The Bertz CT molecular complexity index is 1050. The van der Waals surface area contributed by atoms with Gasteiger partial charge in [0.15, 0.2) is 0 Å². The highest BCUT2D eigenvalue weighted by molar-refractivity contribution is 7.92. The first-order valence-electron chi connectivity index (χ1n) is 8.28. The lowest BCUT2D eigenvalue weighted by Gasteiger charge is -2.26. The summed E-state index contributed by atoms with van der Waals surface area (Å²) in [5.41, 5.74) is 0.152. The molecule has 0 aliphatic carbocycles. The van der Waals surface area contributed by atoms with E-state index in [-0.39, 0.29) is 25.5 Å². The minimum atomic E-state index is -3.94. The predicted octanol–water partition coefficient (Wildman–Crippen LogP) is 3.97. The van der Waals surface area contributed by atoms with Crippen molar-refractivity contribution in [3.63, 3.8) is 0 Å². The summed E-state index contributed by atoms with van der Waals surface area (Å²) in [6.45, 7) is 0.948. The Morgan fingerprint density at radius 2 is 1.52 bits per heavy atom. The molecular weight excluding hydrogens is 431 g/mol. The van der Waals surface area contributed by atoms with E-state index in [0.29, 0.717) is 13.1 Å². The molecule has 0 amide bonds. The molecular formula is C17H18Cl2N2O4S2. The van der Waals surface area contributed by atoms with Crippen LogP contribution in [0.3, 0.4) is 0 Å². The quantitative estimate of drug-likeness (QED) is 0.749. The van der Waals surface area contributed by atoms with Gasteiger partial charge in [0.25, 0.3) is 10.0 Å². The first-order chi connectivity index (χ1) is 12.7. The lowest BCUT2D eigenvalue weighted by molar-refractivity contribution is 0.346. The fourth-order valence-corrected chi connectivity index (χ4v) is 5.83. The molecule has 0 saturated carbocycles. The van der Waals surface area contributed by atoms with Crippen molar-refractivity contribution >= 4 is 48.9 Å². The molecule has 27 heavy (non-hydrogen) atoms. The maximum atomic E-state index is 12.8. The van der Waals surface area contributed by atoms with Gasteiger partial charge in [-0.1, -0.05) is 35.7 Å². The average molecular weight is 449 g/mol. The fourth-order valence-electron chi connectivity index (χ4n) is 2.83. The van der Waals surface area contributed by atoms with Crippen LogP contribution < -0.4 is 4.72 Å². The highest BCUT2D eigenvalue weighted by atomic mass is 35.5. The topological polar surface area (TPSA) is 83.5 Å². The molecule has 1 fully saturated rings. The minimum Gasteiger partial charge on any atom is -0.280 e. The van der Waals surface area contributed by atoms with E-state index in [0.717, 1.165) is 19.3 Å². The Kier molecular flexibility index (Phi) is 6.02. The number of nitrogens with zero attached hydrogens (tertiary/aromatic N) is 1. The molecule has 1 aliphatic rings. The molecule has 2 aromatic rings. The van der Waals surface area contributed by atoms with Gasteiger partial charge in [-0.05, 0) is 49.2 Å². The lowest BCUT2D eigenvalue weighted by atomic mass is 10.2. The van der Waals surface area contributed by atoms with Crippen molar-refractivity contribution in [2.45, 2.75) is 29.1 Å². The number of nitrogens with one attached hydrogen (secondary N) is 1. The molecule has 3 rings (SSSR count). The second-order valence-corrected chi connectivity index (χ2v) is 10.6. The van der Waals surface area contributed by atoms with E-state index < -0.39 is 20.0 Å². The monoisotopic (exact) mass is 448 g/mol. The zero-order valence-electron chi connectivity index (χ0n) is 14.2. The summed E-state index contributed by atoms with van der Waals surface area (Å²) < 4.78 is 54.5. The summed E-state index contributed by atoms with van der Waals surface area (Å²) in [6.07, 6.45) is 2.65. The zero-order valence-corrected chi connectivity index (χ0v) is 17.4. The fraction of sp³-hybridized carbons (Fsp3) is 0.294. The van der Waals surface area contributed by atoms with Crippen molar-refractivity contribution in [3.8, 4) is 0 Å². The molecule has 0 bridgehead atoms. The number of anilines is 1. The van der Waals surface area contributed by atoms with E-state index in [1.54, 1.807) is 0 Å². The van der Waals surface area contributed by atoms with E-state index in [9.17, 15) is 16.8 Å². The van der Waals surface area contributed by atoms with Crippen LogP contribution in [0.5, 0.6) is 0 Å². The zero-order chi connectivity index (χ0) is 19.7. The lowest BCUT2D eigenvalue weighted by Crippen LogP contribution is -2.35. The number of sulfonamides is 2. The van der Waals surface area contributed by atoms with Gasteiger partial charge in [0.1, 0.15) is 0 Å². The van der Waals surface area contributed by atoms with E-state index in [1.807, 2.05) is 0 Å². The van der Waals surface area contributed by atoms with Gasteiger partial charge in [0.2, 0.25) is 10.0 Å². The van der Waals surface area contributed by atoms with Gasteiger partial charge < -0.3 is 0 Å². The van der Waals surface area contributed by atoms with Crippen molar-refractivity contribution in [2.24, 2.45) is 0 Å². The number of benzene rings is 2. The van der Waals surface area contributed by atoms with Crippen molar-refractivity contribution < 1.29 is 16.8 Å². The van der Waals surface area contributed by atoms with Crippen LogP contribution in [0.1, 0.15) is 19.3 Å². The summed E-state index contributed by atoms with van der Waals surface area (Å²) in [5, 5.41) is 0.353. The molecule has 0 aromatic heterocycles. The summed E-state index contributed by atoms with van der Waals surface area (Å²) >= 11 is 11.7. The molecule has 6 nitrogen and oxygen atoms in total. The van der Waals surface area contributed by atoms with Crippen molar-refractivity contribution in [2.75, 3.05) is 17.8 Å². The van der Waals surface area contributed by atoms with E-state index >= 15 is 0 Å². The summed E-state index contributed by atoms with van der Waals surface area (Å²) in [5.74, 6) is 0. The number of hydrogen-bond donors (Lipinski definition) is 1. The molecule has 146 valence electrons. The van der Waals surface area contributed by atoms with Gasteiger partial charge in [0.05, 0.1) is 25.5 Å². The van der Waals surface area contributed by atoms with Crippen LogP contribution in [-0.4, -0.2) is 34.2 Å². The second kappa shape index (κ2) is 7.97. The van der Waals surface area contributed by atoms with Crippen molar-refractivity contribution in [1.82, 2.24) is 4.31 Å². The molecule has 0 radical (unpaired) electrons. The highest BCUT2D eigenvalue weighted by Gasteiger charge is 2.26. The SMILES string of the molecule is O=S(=O)(Nc1cccc(S(=O)(=O)N2CCCCC2)c1)c1ccc(Cl)c(Cl)c1. The van der Waals surface area contributed by atoms with Crippen LogP contribution in [0.15, 0.2) is 52.3 Å². The van der Waals surface area contributed by atoms with Crippen LogP contribution in [0.4, 0.5) is 5.69 Å². The molecule has 0 atom stereocenters. The van der Waals surface area contributed by atoms with Crippen LogP contribution in [0.2, 0.25) is 10.0 Å². The Morgan fingerprint density at radius 3 is 2.19 bits per heavy atom. The Morgan fingerprint density at radius 1 is 0.815 bits per heavy atom. The van der Waals surface area contributed by atoms with E-state index in [2.05, 4.69) is 4.72 Å². The smallest absolute Gasteiger partial charge is 0.261 e. The van der Waals surface area contributed by atoms with Gasteiger partial charge in [0, 0.05) is 13.1 Å². The van der Waals surface area contributed by atoms with Crippen LogP contribution in [0, 0.1) is 0 Å². The molecule has 0 unspecified atom stereocenters. The standard InChI is InChI=1S/C17H18Cl2N2O4S2/c18-16-8-7-14(12-17(16)19)26(22,23)20-13-5-4-6-15(11-13)27(24,25)21-9-2-1-3-10-21/h4-8,11-12,20H,1-3,9-10H2. The largest absolute Gasteiger partial charge is 0.280 e. The molecule has 2 aromatic carbocycles. The molecule has 1 N–H and O–H groups in total. The first kappa shape index (κ1) is 20.4. The Labute approximate surface area is 169 Å². The van der Waals surface area contributed by atoms with Gasteiger partial charge in [-0.2, -0.15) is 4.31 Å². The molecule has 0 spiro atoms. The normalized spacial score (nSPS) is 16.2. The Hall–Kier alpha value is -1.32. The summed E-state index contributed by atoms with van der Waals surface area (Å²) in [4.78, 5) is -0.0140. The van der Waals surface area contributed by atoms with E-state index in [1.165, 1.54) is 46.8 Å². The van der Waals surface area contributed by atoms with Crippen molar-refractivity contribution in [1.29, 1.82) is 0 Å². The van der Waals surface area contributed by atoms with Gasteiger partial charge in [-0.15, -0.1) is 0 Å². The molecule has 1 saturated heterocycles. The number of halogens is 2. The van der Waals surface area contributed by atoms with Gasteiger partial charge >= 0.3 is 0 Å². The van der Waals surface area contributed by atoms with Gasteiger partial charge in [-0.25, -0.2) is 16.8 Å². The molecule has 1 heterocycles. The third-order valence-electron chi connectivity index (χ3n) is 4.24. The maximum Gasteiger partial charge on any atom is 0.261 e. The number of hydrogen-bond acceptors (Lipinski definition) is 4. The van der Waals surface area contributed by atoms with Crippen LogP contribution in [-0.2, 0) is 20.0 Å². The third kappa shape index (κ3) is 4.57. The van der Waals surface area contributed by atoms with Crippen molar-refractivity contribution in [3.05, 3.63) is 52.5 Å². The average Bonchev–Trinajstić information content (AvgIpc) is 2.64. The molecule has 10 heteroatoms. The summed E-state index contributed by atoms with van der Waals surface area (Å²) in [7, 11) is -7.60. The third-order valence-corrected chi connectivity index (χ3v) is 8.25. The Balaban J connectivity index is 1.88. The predicted molar refractivity (Wildman–Crippen MR) is 106 cm³/mol. The van der Waals surface area contributed by atoms with Crippen LogP contribution in [0.25, 0.3) is 0 Å². The van der Waals surface area contributed by atoms with E-state index in [4.69, 9.17) is 23.2 Å². The maximum absolute atomic E-state index is 12.8. The minimum absolute atomic E-state index is 0.0544. The summed E-state index contributed by atoms with van der Waals surface area (Å²) in [6, 6.07) is 9.72. The second-order valence-electron chi connectivity index (χ2n) is 6.17. The van der Waals surface area contributed by atoms with Crippen LogP contribution >= 0.6 is 23.2 Å². The van der Waals surface area contributed by atoms with Gasteiger partial charge in [-0.3, -0.25) is 4.72 Å². The number of rotatable bonds is 5. The first-order valence-corrected chi connectivity index (χ1v) is 12.0.